The van der Waals surface area contributed by atoms with Crippen LogP contribution >= 0.6 is 0 Å². The maximum Gasteiger partial charge on any atom is 0.306 e. The van der Waals surface area contributed by atoms with E-state index in [4.69, 9.17) is 4.74 Å². The molecule has 4 aliphatic rings. The van der Waals surface area contributed by atoms with E-state index >= 15 is 0 Å². The van der Waals surface area contributed by atoms with Gasteiger partial charge in [-0.3, -0.25) is 4.79 Å². The maximum absolute atomic E-state index is 12.7. The summed E-state index contributed by atoms with van der Waals surface area (Å²) in [6.07, 6.45) is 30.1. The molecule has 3 saturated carbocycles. The van der Waals surface area contributed by atoms with Crippen molar-refractivity contribution in [2.45, 2.75) is 170 Å². The highest BCUT2D eigenvalue weighted by atomic mass is 16.5. The van der Waals surface area contributed by atoms with Crippen molar-refractivity contribution in [2.75, 3.05) is 0 Å². The molecule has 0 bridgehead atoms. The van der Waals surface area contributed by atoms with E-state index in [1.54, 1.807) is 5.57 Å². The van der Waals surface area contributed by atoms with Crippen LogP contribution in [-0.4, -0.2) is 12.1 Å². The molecule has 0 saturated heterocycles. The van der Waals surface area contributed by atoms with Crippen LogP contribution in [0.3, 0.4) is 0 Å². The fraction of sp³-hybridized carbons (Fsp3) is 0.875. The van der Waals surface area contributed by atoms with Crippen LogP contribution in [0.15, 0.2) is 23.8 Å². The first-order valence-electron chi connectivity index (χ1n) is 18.7. The number of rotatable bonds is 15. The molecule has 0 radical (unpaired) electrons. The third kappa shape index (κ3) is 7.59. The van der Waals surface area contributed by atoms with Gasteiger partial charge in [-0.15, -0.1) is 0 Å². The van der Waals surface area contributed by atoms with Gasteiger partial charge < -0.3 is 4.74 Å². The Labute approximate surface area is 261 Å². The Morgan fingerprint density at radius 3 is 2.31 bits per heavy atom. The van der Waals surface area contributed by atoms with Crippen LogP contribution in [0, 0.1) is 52.3 Å². The minimum Gasteiger partial charge on any atom is -0.462 e. The Morgan fingerprint density at radius 1 is 0.905 bits per heavy atom. The van der Waals surface area contributed by atoms with Crippen LogP contribution in [0.5, 0.6) is 0 Å². The summed E-state index contributed by atoms with van der Waals surface area (Å²) in [4.78, 5) is 12.7. The van der Waals surface area contributed by atoms with Crippen LogP contribution in [-0.2, 0) is 9.53 Å². The molecule has 0 N–H and O–H groups in total. The molecule has 0 aromatic heterocycles. The molecule has 4 aliphatic carbocycles. The van der Waals surface area contributed by atoms with Crippen LogP contribution in [0.2, 0.25) is 0 Å². The van der Waals surface area contributed by atoms with Crippen molar-refractivity contribution in [1.29, 1.82) is 0 Å². The largest absolute Gasteiger partial charge is 0.462 e. The Balaban J connectivity index is 1.29. The zero-order valence-corrected chi connectivity index (χ0v) is 28.9. The first-order chi connectivity index (χ1) is 20.1. The summed E-state index contributed by atoms with van der Waals surface area (Å²) in [5.41, 5.74) is 2.45. The van der Waals surface area contributed by atoms with Crippen molar-refractivity contribution >= 4 is 5.97 Å². The number of allylic oxidation sites excluding steroid dienone is 3. The van der Waals surface area contributed by atoms with Crippen molar-refractivity contribution in [3.05, 3.63) is 23.8 Å². The zero-order valence-electron chi connectivity index (χ0n) is 28.9. The van der Waals surface area contributed by atoms with E-state index in [1.807, 2.05) is 0 Å². The Morgan fingerprint density at radius 2 is 1.62 bits per heavy atom. The highest BCUT2D eigenvalue weighted by Crippen LogP contribution is 2.67. The van der Waals surface area contributed by atoms with Crippen molar-refractivity contribution in [2.24, 2.45) is 52.3 Å². The Kier molecular flexibility index (Phi) is 12.3. The highest BCUT2D eigenvalue weighted by molar-refractivity contribution is 5.69. The summed E-state index contributed by atoms with van der Waals surface area (Å²) in [5, 5.41) is 0. The molecule has 9 unspecified atom stereocenters. The van der Waals surface area contributed by atoms with Gasteiger partial charge in [-0.2, -0.15) is 0 Å². The number of carbonyl (C=O) groups is 1. The van der Waals surface area contributed by atoms with Gasteiger partial charge in [0, 0.05) is 12.8 Å². The van der Waals surface area contributed by atoms with Gasteiger partial charge in [-0.25, -0.2) is 0 Å². The predicted molar refractivity (Wildman–Crippen MR) is 179 cm³/mol. The maximum atomic E-state index is 12.7. The molecule has 0 heterocycles. The van der Waals surface area contributed by atoms with Crippen molar-refractivity contribution in [3.8, 4) is 0 Å². The number of fused-ring (bicyclic) bond motifs is 5. The van der Waals surface area contributed by atoms with E-state index in [1.165, 1.54) is 89.9 Å². The second-order valence-corrected chi connectivity index (χ2v) is 16.1. The quantitative estimate of drug-likeness (QED) is 0.109. The van der Waals surface area contributed by atoms with E-state index in [0.717, 1.165) is 54.8 Å². The van der Waals surface area contributed by atoms with Gasteiger partial charge in [0.1, 0.15) is 6.10 Å². The minimum atomic E-state index is 0.0520. The van der Waals surface area contributed by atoms with E-state index in [2.05, 4.69) is 66.7 Å². The molecule has 2 heteroatoms. The van der Waals surface area contributed by atoms with E-state index in [0.29, 0.717) is 23.2 Å². The first kappa shape index (κ1) is 33.8. The molecule has 0 amide bonds. The number of hydrogen-bond donors (Lipinski definition) is 0. The van der Waals surface area contributed by atoms with Crippen LogP contribution in [0.1, 0.15) is 164 Å². The highest BCUT2D eigenvalue weighted by Gasteiger charge is 2.59. The third-order valence-corrected chi connectivity index (χ3v) is 13.3. The van der Waals surface area contributed by atoms with Crippen LogP contribution in [0.25, 0.3) is 0 Å². The van der Waals surface area contributed by atoms with Gasteiger partial charge in [0.25, 0.3) is 0 Å². The molecule has 3 fully saturated rings. The summed E-state index contributed by atoms with van der Waals surface area (Å²) in [6.45, 7) is 17.1. The average Bonchev–Trinajstić information content (AvgIpc) is 3.32. The minimum absolute atomic E-state index is 0.0520. The second-order valence-electron chi connectivity index (χ2n) is 16.1. The molecule has 0 aromatic carbocycles. The molecule has 240 valence electrons. The summed E-state index contributed by atoms with van der Waals surface area (Å²) in [7, 11) is 0. The van der Waals surface area contributed by atoms with E-state index in [-0.39, 0.29) is 12.1 Å². The van der Waals surface area contributed by atoms with Crippen LogP contribution < -0.4 is 0 Å². The summed E-state index contributed by atoms with van der Waals surface area (Å²) < 4.78 is 6.08. The summed E-state index contributed by atoms with van der Waals surface area (Å²) in [6, 6.07) is 0. The number of hydrogen-bond acceptors (Lipinski definition) is 2. The molecule has 9 atom stereocenters. The van der Waals surface area contributed by atoms with E-state index in [9.17, 15) is 4.79 Å². The molecule has 42 heavy (non-hydrogen) atoms. The number of unbranched alkanes of at least 4 members (excludes halogenated alkanes) is 7. The monoisotopic (exact) mass is 581 g/mol. The van der Waals surface area contributed by atoms with E-state index < -0.39 is 0 Å². The molecule has 4 rings (SSSR count). The lowest BCUT2D eigenvalue weighted by molar-refractivity contribution is -0.151. The fourth-order valence-corrected chi connectivity index (χ4v) is 10.6. The average molecular weight is 581 g/mol. The van der Waals surface area contributed by atoms with Gasteiger partial charge in [-0.1, -0.05) is 117 Å². The summed E-state index contributed by atoms with van der Waals surface area (Å²) in [5.74, 6) is 5.56. The Hall–Kier alpha value is -1.05. The SMILES string of the molecule is CCCCCCCCCCC(=O)OC1CCC2(C)C(=CCC3C2CCC2(C)C(C(C)/C=C/C(CC)C(C)C)CCC32)C1. The second kappa shape index (κ2) is 15.3. The van der Waals surface area contributed by atoms with Crippen molar-refractivity contribution < 1.29 is 9.53 Å². The summed E-state index contributed by atoms with van der Waals surface area (Å²) >= 11 is 0. The zero-order chi connectivity index (χ0) is 30.3. The van der Waals surface area contributed by atoms with Gasteiger partial charge in [0.15, 0.2) is 0 Å². The number of esters is 1. The molecule has 0 spiro atoms. The smallest absolute Gasteiger partial charge is 0.306 e. The molecule has 0 aliphatic heterocycles. The normalized spacial score (nSPS) is 35.8. The topological polar surface area (TPSA) is 26.3 Å². The number of carbonyl (C=O) groups excluding carboxylic acids is 1. The number of ether oxygens (including phenoxy) is 1. The lowest BCUT2D eigenvalue weighted by Gasteiger charge is -2.58. The molecular weight excluding hydrogens is 512 g/mol. The third-order valence-electron chi connectivity index (χ3n) is 13.3. The Bertz CT molecular complexity index is 915. The first-order valence-corrected chi connectivity index (χ1v) is 18.7. The standard InChI is InChI=1S/C40H68O2/c1-8-10-11-12-13-14-15-16-17-38(41)42-33-24-26-39(6)32(28-33)20-21-34-36-23-22-35(40(36,7)27-25-37(34)39)30(5)18-19-31(9-2)29(3)4/h18-20,29-31,33-37H,8-17,21-28H2,1-7H3/b19-18+. The molecular formula is C40H68O2. The lowest BCUT2D eigenvalue weighted by atomic mass is 9.47. The fourth-order valence-electron chi connectivity index (χ4n) is 10.6. The van der Waals surface area contributed by atoms with Crippen molar-refractivity contribution in [1.82, 2.24) is 0 Å². The van der Waals surface area contributed by atoms with Gasteiger partial charge in [0.05, 0.1) is 0 Å². The van der Waals surface area contributed by atoms with Crippen molar-refractivity contribution in [3.63, 3.8) is 0 Å². The lowest BCUT2D eigenvalue weighted by Crippen LogP contribution is -2.51. The van der Waals surface area contributed by atoms with Gasteiger partial charge >= 0.3 is 5.97 Å². The van der Waals surface area contributed by atoms with Gasteiger partial charge in [0.2, 0.25) is 0 Å². The predicted octanol–water partition coefficient (Wildman–Crippen LogP) is 11.9. The van der Waals surface area contributed by atoms with Gasteiger partial charge in [-0.05, 0) is 110 Å². The molecule has 2 nitrogen and oxygen atoms in total. The van der Waals surface area contributed by atoms with Crippen LogP contribution in [0.4, 0.5) is 0 Å². The molecule has 0 aromatic rings.